The topological polar surface area (TPSA) is 47.7 Å². The number of amidine groups is 1. The first-order chi connectivity index (χ1) is 37.7. The van der Waals surface area contributed by atoms with Crippen LogP contribution in [0.1, 0.15) is 23.1 Å². The van der Waals surface area contributed by atoms with E-state index in [1.807, 2.05) is 24.3 Å². The van der Waals surface area contributed by atoms with Gasteiger partial charge in [-0.05, 0) is 130 Å². The molecule has 0 amide bonds. The fourth-order valence-corrected chi connectivity index (χ4v) is 11.6. The van der Waals surface area contributed by atoms with Crippen molar-refractivity contribution in [2.24, 2.45) is 9.98 Å². The van der Waals surface area contributed by atoms with E-state index in [0.29, 0.717) is 12.3 Å². The highest BCUT2D eigenvalue weighted by atomic mass is 16.3. The van der Waals surface area contributed by atoms with E-state index in [0.717, 1.165) is 94.7 Å². The molecule has 5 nitrogen and oxygen atoms in total. The summed E-state index contributed by atoms with van der Waals surface area (Å²) in [4.78, 5) is 10.4. The predicted molar refractivity (Wildman–Crippen MR) is 317 cm³/mol. The Kier molecular flexibility index (Phi) is 10.2. The Labute approximate surface area is 438 Å². The van der Waals surface area contributed by atoms with Crippen molar-refractivity contribution in [2.75, 3.05) is 0 Å². The number of benzene rings is 11. The second-order valence-corrected chi connectivity index (χ2v) is 19.6. The van der Waals surface area contributed by atoms with Crippen molar-refractivity contribution in [2.45, 2.75) is 6.42 Å². The number of nitrogens with zero attached hydrogens (tertiary/aromatic N) is 4. The summed E-state index contributed by atoms with van der Waals surface area (Å²) in [5, 5.41) is 7.04. The maximum atomic E-state index is 6.64. The third kappa shape index (κ3) is 7.32. The summed E-state index contributed by atoms with van der Waals surface area (Å²) < 4.78 is 11.4. The molecule has 0 fully saturated rings. The van der Waals surface area contributed by atoms with Gasteiger partial charge < -0.3 is 13.6 Å². The van der Waals surface area contributed by atoms with Crippen LogP contribution in [-0.2, 0) is 0 Å². The second-order valence-electron chi connectivity index (χ2n) is 19.6. The van der Waals surface area contributed by atoms with E-state index in [1.165, 1.54) is 43.7 Å². The van der Waals surface area contributed by atoms with Gasteiger partial charge in [-0.3, -0.25) is 0 Å². The number of rotatable bonds is 8. The first kappa shape index (κ1) is 43.5. The maximum Gasteiger partial charge on any atom is 0.160 e. The van der Waals surface area contributed by atoms with Gasteiger partial charge in [0.1, 0.15) is 11.2 Å². The molecule has 0 radical (unpaired) electrons. The highest BCUT2D eigenvalue weighted by Gasteiger charge is 2.20. The molecule has 76 heavy (non-hydrogen) atoms. The van der Waals surface area contributed by atoms with Crippen molar-refractivity contribution < 1.29 is 4.42 Å². The van der Waals surface area contributed by atoms with Crippen molar-refractivity contribution >= 4 is 82.8 Å². The van der Waals surface area contributed by atoms with E-state index in [1.54, 1.807) is 0 Å². The molecule has 1 aliphatic rings. The summed E-state index contributed by atoms with van der Waals surface area (Å²) in [6.07, 6.45) is 2.87. The van der Waals surface area contributed by atoms with E-state index in [-0.39, 0.29) is 0 Å². The fourth-order valence-electron chi connectivity index (χ4n) is 11.6. The molecule has 15 rings (SSSR count). The molecule has 3 aromatic heterocycles. The van der Waals surface area contributed by atoms with Gasteiger partial charge in [-0.15, -0.1) is 0 Å². The Balaban J connectivity index is 0.840. The molecular formula is C71H46N4O. The van der Waals surface area contributed by atoms with Crippen LogP contribution in [0.3, 0.4) is 0 Å². The Morgan fingerprint density at radius 2 is 0.803 bits per heavy atom. The van der Waals surface area contributed by atoms with Crippen molar-refractivity contribution in [1.29, 1.82) is 0 Å². The van der Waals surface area contributed by atoms with Gasteiger partial charge in [0.05, 0.1) is 33.5 Å². The lowest BCUT2D eigenvalue weighted by Crippen LogP contribution is -2.04. The zero-order chi connectivity index (χ0) is 50.1. The van der Waals surface area contributed by atoms with Gasteiger partial charge >= 0.3 is 0 Å². The zero-order valence-corrected chi connectivity index (χ0v) is 41.3. The van der Waals surface area contributed by atoms with Crippen LogP contribution >= 0.6 is 0 Å². The number of aliphatic imine (C=N–C) groups is 2. The number of hydrogen-bond donors (Lipinski definition) is 0. The number of para-hydroxylation sites is 3. The van der Waals surface area contributed by atoms with E-state index in [4.69, 9.17) is 14.4 Å². The quantitative estimate of drug-likeness (QED) is 0.150. The lowest BCUT2D eigenvalue weighted by molar-refractivity contribution is 0.669. The minimum Gasteiger partial charge on any atom is -0.456 e. The molecule has 0 bridgehead atoms. The Hall–Kier alpha value is -10.1. The van der Waals surface area contributed by atoms with Crippen molar-refractivity contribution in [1.82, 2.24) is 9.13 Å². The van der Waals surface area contributed by atoms with Gasteiger partial charge in [-0.2, -0.15) is 0 Å². The maximum absolute atomic E-state index is 6.64. The highest BCUT2D eigenvalue weighted by molar-refractivity contribution is 6.17. The first-order valence-corrected chi connectivity index (χ1v) is 25.9. The predicted octanol–water partition coefficient (Wildman–Crippen LogP) is 18.5. The SMILES string of the molecule is C1=C(c2cccc(-c3cccc4oc5ccc(-c6ccc7c(c6)c6cc(-c8ccc9c(c8)c8ccccc8n9-c8ccccc8)ccc6n7-c6ccccc6)cc5c34)c2)N=C(c2ccccc2)N=C(c2ccccc2)C1. The summed E-state index contributed by atoms with van der Waals surface area (Å²) in [5.41, 5.74) is 20.5. The van der Waals surface area contributed by atoms with Crippen LogP contribution in [0.2, 0.25) is 0 Å². The normalized spacial score (nSPS) is 12.9. The molecule has 0 aliphatic carbocycles. The molecule has 1 aliphatic heterocycles. The number of furan rings is 1. The molecular weight excluding hydrogens is 925 g/mol. The standard InChI is InChI=1S/C71H46N4O/c1-5-17-46(18-6-1)62-35-36-63(73-71(72-62)47-19-7-2-8-20-47)53-22-15-21-52(41-53)56-28-16-30-69-70(56)61-45-51(34-40-68(61)76-69)50-33-39-67-60(44-50)59-43-49(32-38-66(59)75(67)55-25-11-4-12-26-55)48-31-37-65-58(42-48)57-27-13-14-29-64(57)74(65)54-23-9-3-10-24-54/h1-34,36-45H,35H2. The summed E-state index contributed by atoms with van der Waals surface area (Å²) in [7, 11) is 0. The molecule has 356 valence electrons. The van der Waals surface area contributed by atoms with Crippen LogP contribution in [0.4, 0.5) is 0 Å². The minimum atomic E-state index is 0.659. The van der Waals surface area contributed by atoms with Crippen LogP contribution in [0.5, 0.6) is 0 Å². The average molecular weight is 971 g/mol. The lowest BCUT2D eigenvalue weighted by atomic mass is 9.95. The number of aromatic nitrogens is 2. The summed E-state index contributed by atoms with van der Waals surface area (Å²) >= 11 is 0. The molecule has 0 saturated carbocycles. The van der Waals surface area contributed by atoms with Gasteiger partial charge in [-0.1, -0.05) is 176 Å². The van der Waals surface area contributed by atoms with Crippen molar-refractivity contribution in [3.05, 3.63) is 284 Å². The monoisotopic (exact) mass is 970 g/mol. The van der Waals surface area contributed by atoms with Crippen LogP contribution in [0.25, 0.3) is 116 Å². The Bertz CT molecular complexity index is 4690. The number of fused-ring (bicyclic) bond motifs is 9. The van der Waals surface area contributed by atoms with Crippen LogP contribution in [-0.4, -0.2) is 20.7 Å². The van der Waals surface area contributed by atoms with Gasteiger partial charge in [0.25, 0.3) is 0 Å². The Morgan fingerprint density at radius 3 is 1.43 bits per heavy atom. The number of hydrogen-bond acceptors (Lipinski definition) is 3. The average Bonchev–Trinajstić information content (AvgIpc) is 4.14. The van der Waals surface area contributed by atoms with E-state index in [9.17, 15) is 0 Å². The summed E-state index contributed by atoms with van der Waals surface area (Å²) in [6, 6.07) is 93.4. The number of allylic oxidation sites excluding steroid dienone is 1. The van der Waals surface area contributed by atoms with Gasteiger partial charge in [-0.25, -0.2) is 9.98 Å². The van der Waals surface area contributed by atoms with Gasteiger partial charge in [0, 0.05) is 61.2 Å². The van der Waals surface area contributed by atoms with E-state index < -0.39 is 0 Å². The third-order valence-electron chi connectivity index (χ3n) is 15.2. The van der Waals surface area contributed by atoms with Crippen LogP contribution in [0, 0.1) is 0 Å². The van der Waals surface area contributed by atoms with E-state index >= 15 is 0 Å². The van der Waals surface area contributed by atoms with Crippen molar-refractivity contribution in [3.63, 3.8) is 0 Å². The summed E-state index contributed by atoms with van der Waals surface area (Å²) in [5.74, 6) is 0.703. The van der Waals surface area contributed by atoms with Crippen molar-refractivity contribution in [3.8, 4) is 44.8 Å². The molecule has 0 unspecified atom stereocenters. The first-order valence-electron chi connectivity index (χ1n) is 25.9. The van der Waals surface area contributed by atoms with Gasteiger partial charge in [0.15, 0.2) is 5.84 Å². The molecule has 0 atom stereocenters. The van der Waals surface area contributed by atoms with E-state index in [2.05, 4.69) is 252 Å². The zero-order valence-electron chi connectivity index (χ0n) is 41.3. The molecule has 0 spiro atoms. The van der Waals surface area contributed by atoms with Crippen LogP contribution < -0.4 is 0 Å². The molecule has 0 saturated heterocycles. The summed E-state index contributed by atoms with van der Waals surface area (Å²) in [6.45, 7) is 0. The van der Waals surface area contributed by atoms with Crippen LogP contribution in [0.15, 0.2) is 281 Å². The molecule has 11 aromatic carbocycles. The molecule has 0 N–H and O–H groups in total. The molecule has 14 aromatic rings. The largest absolute Gasteiger partial charge is 0.456 e. The Morgan fingerprint density at radius 1 is 0.316 bits per heavy atom. The lowest BCUT2D eigenvalue weighted by Gasteiger charge is -2.09. The third-order valence-corrected chi connectivity index (χ3v) is 15.2. The fraction of sp³-hybridized carbons (Fsp3) is 0.0141. The molecule has 4 heterocycles. The smallest absolute Gasteiger partial charge is 0.160 e. The highest BCUT2D eigenvalue weighted by Crippen LogP contribution is 2.42. The minimum absolute atomic E-state index is 0.659. The molecule has 5 heteroatoms. The second kappa shape index (κ2) is 17.8. The van der Waals surface area contributed by atoms with Gasteiger partial charge in [0.2, 0.25) is 0 Å².